The summed E-state index contributed by atoms with van der Waals surface area (Å²) in [5.74, 6) is -1.85. The van der Waals surface area contributed by atoms with Gasteiger partial charge in [-0.25, -0.2) is 8.78 Å². The van der Waals surface area contributed by atoms with Crippen molar-refractivity contribution >= 4 is 22.9 Å². The maximum atomic E-state index is 13.8. The maximum absolute atomic E-state index is 13.8. The van der Waals surface area contributed by atoms with Crippen LogP contribution in [0.5, 0.6) is 5.75 Å². The van der Waals surface area contributed by atoms with E-state index in [0.717, 1.165) is 5.56 Å². The molecule has 0 fully saturated rings. The molecule has 21 heavy (non-hydrogen) atoms. The molecule has 6 heteroatoms. The number of hydrogen-bond donors (Lipinski definition) is 3. The van der Waals surface area contributed by atoms with Crippen LogP contribution in [0, 0.1) is 11.6 Å². The Bertz CT molecular complexity index is 659. The first-order valence-electron chi connectivity index (χ1n) is 6.28. The van der Waals surface area contributed by atoms with Crippen LogP contribution in [0.2, 0.25) is 0 Å². The smallest absolute Gasteiger partial charge is 0.182 e. The Morgan fingerprint density at radius 2 is 1.76 bits per heavy atom. The molecule has 0 bridgehead atoms. The zero-order valence-electron chi connectivity index (χ0n) is 11.1. The van der Waals surface area contributed by atoms with Crippen molar-refractivity contribution in [2.45, 2.75) is 6.42 Å². The molecule has 2 rings (SSSR count). The lowest BCUT2D eigenvalue weighted by Crippen LogP contribution is -2.14. The molecule has 0 spiro atoms. The molecule has 0 aromatic heterocycles. The Morgan fingerprint density at radius 1 is 1.10 bits per heavy atom. The van der Waals surface area contributed by atoms with Gasteiger partial charge in [-0.2, -0.15) is 0 Å². The van der Waals surface area contributed by atoms with E-state index in [1.807, 2.05) is 0 Å². The maximum Gasteiger partial charge on any atom is 0.182 e. The minimum absolute atomic E-state index is 0.0614. The van der Waals surface area contributed by atoms with E-state index in [2.05, 4.69) is 17.5 Å². The van der Waals surface area contributed by atoms with E-state index in [1.54, 1.807) is 24.3 Å². The lowest BCUT2D eigenvalue weighted by molar-refractivity contribution is 0.475. The summed E-state index contributed by atoms with van der Waals surface area (Å²) in [5, 5.41) is 12.0. The number of aromatic hydroxyl groups is 1. The number of halogens is 2. The summed E-state index contributed by atoms with van der Waals surface area (Å²) >= 11 is 4.64. The molecule has 0 atom stereocenters. The van der Waals surface area contributed by atoms with E-state index in [-0.39, 0.29) is 22.0 Å². The van der Waals surface area contributed by atoms with Gasteiger partial charge < -0.3 is 16.2 Å². The van der Waals surface area contributed by atoms with Crippen LogP contribution in [-0.2, 0) is 6.42 Å². The van der Waals surface area contributed by atoms with Gasteiger partial charge in [-0.3, -0.25) is 0 Å². The summed E-state index contributed by atoms with van der Waals surface area (Å²) in [6.45, 7) is 0.424. The molecule has 2 aromatic carbocycles. The third-order valence-corrected chi connectivity index (χ3v) is 3.23. The van der Waals surface area contributed by atoms with Crippen LogP contribution >= 0.6 is 12.2 Å². The fraction of sp³-hybridized carbons (Fsp3) is 0.133. The lowest BCUT2D eigenvalue weighted by Gasteiger charge is -2.10. The fourth-order valence-corrected chi connectivity index (χ4v) is 2.04. The number of nitrogens with two attached hydrogens (primary N) is 1. The number of thiocarbonyl (C=S) groups is 1. The van der Waals surface area contributed by atoms with Crippen LogP contribution in [0.4, 0.5) is 14.5 Å². The highest BCUT2D eigenvalue weighted by Crippen LogP contribution is 2.20. The van der Waals surface area contributed by atoms with E-state index >= 15 is 0 Å². The molecule has 0 saturated heterocycles. The second-order valence-electron chi connectivity index (χ2n) is 4.50. The van der Waals surface area contributed by atoms with Crippen LogP contribution in [0.15, 0.2) is 36.4 Å². The number of phenols is 1. The first-order chi connectivity index (χ1) is 9.99. The molecular formula is C15H14F2N2OS. The summed E-state index contributed by atoms with van der Waals surface area (Å²) in [6.07, 6.45) is 0.610. The Labute approximate surface area is 126 Å². The molecule has 110 valence electrons. The molecule has 3 nitrogen and oxygen atoms in total. The summed E-state index contributed by atoms with van der Waals surface area (Å²) < 4.78 is 27.5. The van der Waals surface area contributed by atoms with Crippen LogP contribution in [-0.4, -0.2) is 16.6 Å². The molecule has 0 saturated carbocycles. The molecule has 0 heterocycles. The molecule has 0 unspecified atom stereocenters. The van der Waals surface area contributed by atoms with Gasteiger partial charge in [0, 0.05) is 12.1 Å². The average Bonchev–Trinajstić information content (AvgIpc) is 2.45. The van der Waals surface area contributed by atoms with Crippen LogP contribution in [0.3, 0.4) is 0 Å². The van der Waals surface area contributed by atoms with Gasteiger partial charge in [-0.15, -0.1) is 0 Å². The Morgan fingerprint density at radius 3 is 2.38 bits per heavy atom. The molecule has 0 aliphatic rings. The number of nitrogens with one attached hydrogen (secondary N) is 1. The minimum Gasteiger partial charge on any atom is -0.508 e. The summed E-state index contributed by atoms with van der Waals surface area (Å²) in [4.78, 5) is -0.179. The van der Waals surface area contributed by atoms with Crippen LogP contribution < -0.4 is 11.1 Å². The Balaban J connectivity index is 2.02. The van der Waals surface area contributed by atoms with E-state index in [9.17, 15) is 13.9 Å². The van der Waals surface area contributed by atoms with E-state index < -0.39 is 11.6 Å². The highest BCUT2D eigenvalue weighted by Gasteiger charge is 2.14. The van der Waals surface area contributed by atoms with Gasteiger partial charge in [0.25, 0.3) is 0 Å². The third kappa shape index (κ3) is 3.66. The van der Waals surface area contributed by atoms with Crippen molar-refractivity contribution in [3.8, 4) is 5.75 Å². The number of anilines is 1. The van der Waals surface area contributed by atoms with Gasteiger partial charge >= 0.3 is 0 Å². The minimum atomic E-state index is -1.04. The molecule has 2 aromatic rings. The van der Waals surface area contributed by atoms with E-state index in [1.165, 1.54) is 12.1 Å². The number of rotatable bonds is 5. The predicted octanol–water partition coefficient (Wildman–Crippen LogP) is 2.96. The van der Waals surface area contributed by atoms with Crippen molar-refractivity contribution < 1.29 is 13.9 Å². The van der Waals surface area contributed by atoms with Crippen LogP contribution in [0.25, 0.3) is 0 Å². The standard InChI is InChI=1S/C15H14F2N2OS/c16-13-11(15(18)21)5-6-12(14(13)17)19-8-7-9-1-3-10(20)4-2-9/h1-6,19-20H,7-8H2,(H2,18,21). The molecule has 0 amide bonds. The number of hydrogen-bond acceptors (Lipinski definition) is 3. The average molecular weight is 308 g/mol. The van der Waals surface area contributed by atoms with Gasteiger partial charge in [-0.1, -0.05) is 24.4 Å². The van der Waals surface area contributed by atoms with Gasteiger partial charge in [-0.05, 0) is 36.2 Å². The van der Waals surface area contributed by atoms with Gasteiger partial charge in [0.2, 0.25) is 0 Å². The fourth-order valence-electron chi connectivity index (χ4n) is 1.88. The van der Waals surface area contributed by atoms with Crippen molar-refractivity contribution in [1.82, 2.24) is 0 Å². The molecule has 0 aliphatic heterocycles. The Kier molecular flexibility index (Phi) is 4.70. The third-order valence-electron chi connectivity index (χ3n) is 3.01. The molecule has 4 N–H and O–H groups in total. The SMILES string of the molecule is NC(=S)c1ccc(NCCc2ccc(O)cc2)c(F)c1F. The first-order valence-corrected chi connectivity index (χ1v) is 6.69. The highest BCUT2D eigenvalue weighted by atomic mass is 32.1. The lowest BCUT2D eigenvalue weighted by atomic mass is 10.1. The summed E-state index contributed by atoms with van der Waals surface area (Å²) in [6, 6.07) is 9.44. The molecular weight excluding hydrogens is 294 g/mol. The summed E-state index contributed by atoms with van der Waals surface area (Å²) in [5.41, 5.74) is 6.24. The van der Waals surface area contributed by atoms with E-state index in [0.29, 0.717) is 13.0 Å². The van der Waals surface area contributed by atoms with Gasteiger partial charge in [0.05, 0.1) is 5.69 Å². The quantitative estimate of drug-likeness (QED) is 0.743. The monoisotopic (exact) mass is 308 g/mol. The predicted molar refractivity (Wildman–Crippen MR) is 82.5 cm³/mol. The second-order valence-corrected chi connectivity index (χ2v) is 4.94. The first kappa shape index (κ1) is 15.2. The largest absolute Gasteiger partial charge is 0.508 e. The normalized spacial score (nSPS) is 10.4. The Hall–Kier alpha value is -2.21. The van der Waals surface area contributed by atoms with Crippen molar-refractivity contribution in [3.63, 3.8) is 0 Å². The van der Waals surface area contributed by atoms with Crippen molar-refractivity contribution in [1.29, 1.82) is 0 Å². The number of phenolic OH excluding ortho intramolecular Hbond substituents is 1. The van der Waals surface area contributed by atoms with E-state index in [4.69, 9.17) is 5.73 Å². The zero-order valence-corrected chi connectivity index (χ0v) is 11.9. The van der Waals surface area contributed by atoms with Gasteiger partial charge in [0.15, 0.2) is 11.6 Å². The van der Waals surface area contributed by atoms with Crippen molar-refractivity contribution in [3.05, 3.63) is 59.2 Å². The van der Waals surface area contributed by atoms with Crippen molar-refractivity contribution in [2.24, 2.45) is 5.73 Å². The summed E-state index contributed by atoms with van der Waals surface area (Å²) in [7, 11) is 0. The molecule has 0 radical (unpaired) electrons. The second kappa shape index (κ2) is 6.49. The zero-order chi connectivity index (χ0) is 15.4. The van der Waals surface area contributed by atoms with Crippen molar-refractivity contribution in [2.75, 3.05) is 11.9 Å². The molecule has 0 aliphatic carbocycles. The van der Waals surface area contributed by atoms with Crippen LogP contribution in [0.1, 0.15) is 11.1 Å². The van der Waals surface area contributed by atoms with Gasteiger partial charge in [0.1, 0.15) is 10.7 Å². The topological polar surface area (TPSA) is 58.3 Å². The number of benzene rings is 2. The highest BCUT2D eigenvalue weighted by molar-refractivity contribution is 7.80.